The van der Waals surface area contributed by atoms with Gasteiger partial charge in [-0.3, -0.25) is 9.34 Å². The number of hydrogen-bond donors (Lipinski definition) is 0. The van der Waals surface area contributed by atoms with Crippen LogP contribution in [0.1, 0.15) is 0 Å². The molecule has 0 radical (unpaired) electrons. The molecule has 0 aromatic rings. The molecule has 0 saturated heterocycles. The molecule has 0 aromatic heterocycles. The largest absolute Gasteiger partial charge is 1.00 e. The first-order valence-electron chi connectivity index (χ1n) is 6.04. The quantitative estimate of drug-likeness (QED) is 0.536. The number of rotatable bonds is 5. The molecule has 10 heteroatoms. The van der Waals surface area contributed by atoms with Crippen LogP contribution in [0.5, 0.6) is 0 Å². The fourth-order valence-corrected chi connectivity index (χ4v) is 11.0. The predicted molar refractivity (Wildman–Crippen MR) is 92.1 cm³/mol. The van der Waals surface area contributed by atoms with Crippen molar-refractivity contribution in [3.8, 4) is 0 Å². The Hall–Kier alpha value is 1.26. The van der Waals surface area contributed by atoms with Crippen LogP contribution >= 0.6 is 29.1 Å². The molecule has 0 aliphatic rings. The van der Waals surface area contributed by atoms with Crippen LogP contribution in [0, 0.1) is 0 Å². The zero-order chi connectivity index (χ0) is 15.6. The van der Waals surface area contributed by atoms with Gasteiger partial charge < -0.3 is 17.0 Å². The van der Waals surface area contributed by atoms with E-state index in [2.05, 4.69) is 109 Å². The van der Waals surface area contributed by atoms with Crippen LogP contribution in [0.4, 0.5) is 0 Å². The van der Waals surface area contributed by atoms with Crippen LogP contribution in [0.2, 0.25) is 0 Å². The molecule has 0 spiro atoms. The fraction of sp³-hybridized carbons (Fsp3) is 1.00. The van der Waals surface area contributed by atoms with Gasteiger partial charge >= 0.3 is 7.51 Å². The molecular formula is C10H30Br2N6P2. The minimum absolute atomic E-state index is 0. The number of nitrogens with zero attached hydrogens (tertiary/aromatic N) is 6. The summed E-state index contributed by atoms with van der Waals surface area (Å²) in [5.74, 6) is 0. The Labute approximate surface area is 144 Å². The Balaban J connectivity index is 0. The molecule has 0 fully saturated rings. The van der Waals surface area contributed by atoms with Crippen LogP contribution in [0.25, 0.3) is 0 Å². The molecule has 20 heavy (non-hydrogen) atoms. The van der Waals surface area contributed by atoms with E-state index in [1.54, 1.807) is 0 Å². The van der Waals surface area contributed by atoms with Gasteiger partial charge in [0.05, 0.1) is 0 Å². The average Bonchev–Trinajstić information content (AvgIpc) is 2.23. The van der Waals surface area contributed by atoms with E-state index < -0.39 is 13.6 Å². The highest BCUT2D eigenvalue weighted by atomic mass is 79.9. The van der Waals surface area contributed by atoms with E-state index in [9.17, 15) is 0 Å². The smallest absolute Gasteiger partial charge is 0.356 e. The number of hydrogen-bond acceptors (Lipinski definition) is 0. The molecule has 0 heterocycles. The molecule has 0 rings (SSSR count). The van der Waals surface area contributed by atoms with Gasteiger partial charge in [-0.1, -0.05) is 0 Å². The summed E-state index contributed by atoms with van der Waals surface area (Å²) in [6.45, 7) is 0. The van der Waals surface area contributed by atoms with Crippen LogP contribution in [0.15, 0.2) is 4.52 Å². The number of halogens is 2. The molecular weight excluding hydrogens is 426 g/mol. The molecule has 0 aromatic carbocycles. The lowest BCUT2D eigenvalue weighted by Gasteiger charge is -2.36. The predicted octanol–water partition coefficient (Wildman–Crippen LogP) is -0.204. The van der Waals surface area contributed by atoms with Crippen molar-refractivity contribution in [2.75, 3.05) is 70.5 Å². The van der Waals surface area contributed by atoms with E-state index in [0.29, 0.717) is 0 Å². The van der Waals surface area contributed by atoms with Crippen molar-refractivity contribution >= 4 is 29.1 Å². The molecule has 0 saturated carbocycles. The lowest BCUT2D eigenvalue weighted by atomic mass is 11.3. The Bertz CT molecular complexity index is 392. The Kier molecular flexibility index (Phi) is 10.3. The molecule has 0 amide bonds. The molecule has 0 bridgehead atoms. The Morgan fingerprint density at radius 1 is 0.750 bits per heavy atom. The van der Waals surface area contributed by atoms with E-state index in [-0.39, 0.29) is 17.0 Å². The third-order valence-corrected chi connectivity index (χ3v) is 15.1. The summed E-state index contributed by atoms with van der Waals surface area (Å²) < 4.78 is 16.4. The summed E-state index contributed by atoms with van der Waals surface area (Å²) in [6, 6.07) is -1.87. The van der Waals surface area contributed by atoms with Crippen molar-refractivity contribution in [3.63, 3.8) is 0 Å². The highest BCUT2D eigenvalue weighted by molar-refractivity contribution is 9.40. The van der Waals surface area contributed by atoms with Gasteiger partial charge in [-0.15, -0.1) is 0 Å². The summed E-state index contributed by atoms with van der Waals surface area (Å²) in [4.78, 5) is 0. The van der Waals surface area contributed by atoms with Crippen molar-refractivity contribution in [1.29, 1.82) is 0 Å². The summed E-state index contributed by atoms with van der Waals surface area (Å²) in [5, 5.41) is 0. The van der Waals surface area contributed by atoms with Crippen molar-refractivity contribution in [2.24, 2.45) is 4.52 Å². The second-order valence-corrected chi connectivity index (χ2v) is 15.0. The fourth-order valence-electron chi connectivity index (χ4n) is 1.98. The standard InChI is InChI=1S/C10H30BrN6P2.BrH/c1-13(2)18(11,14(3)4)12-19(15(5)6,16(7)8)17(9)10;/h1-10H3;1H/q+1;/p-1. The first kappa shape index (κ1) is 23.5. The minimum Gasteiger partial charge on any atom is -1.00 e. The second-order valence-electron chi connectivity index (χ2n) is 5.36. The van der Waals surface area contributed by atoms with E-state index in [1.807, 2.05) is 0 Å². The normalized spacial score (nSPS) is 13.2. The summed E-state index contributed by atoms with van der Waals surface area (Å²) >= 11 is 3.90. The summed E-state index contributed by atoms with van der Waals surface area (Å²) in [5.41, 5.74) is 0. The third-order valence-electron chi connectivity index (χ3n) is 2.86. The van der Waals surface area contributed by atoms with Gasteiger partial charge in [0.15, 0.2) is 6.06 Å². The maximum atomic E-state index is 5.31. The highest BCUT2D eigenvalue weighted by Gasteiger charge is 2.38. The van der Waals surface area contributed by atoms with Gasteiger partial charge in [-0.05, 0) is 71.9 Å². The molecule has 124 valence electrons. The zero-order valence-corrected chi connectivity index (χ0v) is 19.3. The van der Waals surface area contributed by atoms with Crippen LogP contribution < -0.4 is 17.0 Å². The molecule has 0 aliphatic carbocycles. The average molecular weight is 456 g/mol. The van der Waals surface area contributed by atoms with E-state index in [4.69, 9.17) is 4.52 Å². The summed E-state index contributed by atoms with van der Waals surface area (Å²) in [7, 11) is 19.0. The van der Waals surface area contributed by atoms with E-state index in [0.717, 1.165) is 0 Å². The third kappa shape index (κ3) is 4.63. The summed E-state index contributed by atoms with van der Waals surface area (Å²) in [6.07, 6.45) is 0. The van der Waals surface area contributed by atoms with E-state index in [1.165, 1.54) is 0 Å². The topological polar surface area (TPSA) is 28.3 Å². The molecule has 0 unspecified atom stereocenters. The van der Waals surface area contributed by atoms with Gasteiger partial charge in [0.2, 0.25) is 0 Å². The van der Waals surface area contributed by atoms with Gasteiger partial charge in [0.1, 0.15) is 14.1 Å². The second kappa shape index (κ2) is 8.78. The van der Waals surface area contributed by atoms with Gasteiger partial charge in [-0.25, -0.2) is 13.7 Å². The van der Waals surface area contributed by atoms with Gasteiger partial charge in [-0.2, -0.15) is 4.52 Å². The van der Waals surface area contributed by atoms with Gasteiger partial charge in [0, 0.05) is 0 Å². The zero-order valence-electron chi connectivity index (χ0n) is 14.3. The maximum absolute atomic E-state index is 5.31. The van der Waals surface area contributed by atoms with Crippen molar-refractivity contribution in [1.82, 2.24) is 18.7 Å². The lowest BCUT2D eigenvalue weighted by Crippen LogP contribution is -3.00. The lowest BCUT2D eigenvalue weighted by molar-refractivity contribution is -0.450. The molecule has 0 N–H and O–H groups in total. The van der Waals surface area contributed by atoms with E-state index >= 15 is 0 Å². The van der Waals surface area contributed by atoms with Crippen molar-refractivity contribution in [2.45, 2.75) is 0 Å². The van der Waals surface area contributed by atoms with Crippen LogP contribution in [-0.4, -0.2) is 93.5 Å². The Morgan fingerprint density at radius 2 is 1.05 bits per heavy atom. The molecule has 0 aliphatic heterocycles. The SMILES string of the molecule is CN(C)P(Br)(=NP(N(C)C)(N(C)C)=[N+](C)C)N(C)C.[Br-]. The van der Waals surface area contributed by atoms with Crippen molar-refractivity contribution < 1.29 is 21.3 Å². The highest BCUT2D eigenvalue weighted by Crippen LogP contribution is 2.70. The van der Waals surface area contributed by atoms with Crippen LogP contribution in [0.3, 0.4) is 0 Å². The molecule has 0 atom stereocenters. The molecule has 6 nitrogen and oxygen atoms in total. The first-order chi connectivity index (χ1) is 8.42. The maximum Gasteiger partial charge on any atom is 0.356 e. The monoisotopic (exact) mass is 454 g/mol. The van der Waals surface area contributed by atoms with Crippen molar-refractivity contribution in [3.05, 3.63) is 0 Å². The van der Waals surface area contributed by atoms with Crippen LogP contribution in [-0.2, 0) is 0 Å². The first-order valence-corrected chi connectivity index (χ1v) is 11.3. The minimum atomic E-state index is -1.90. The Morgan fingerprint density at radius 3 is 1.20 bits per heavy atom. The van der Waals surface area contributed by atoms with Gasteiger partial charge in [0.25, 0.3) is 0 Å².